The van der Waals surface area contributed by atoms with E-state index in [2.05, 4.69) is 17.6 Å². The summed E-state index contributed by atoms with van der Waals surface area (Å²) < 4.78 is 16.1. The first kappa shape index (κ1) is 18.8. The van der Waals surface area contributed by atoms with Gasteiger partial charge in [-0.15, -0.1) is 0 Å². The van der Waals surface area contributed by atoms with Crippen molar-refractivity contribution < 1.29 is 18.7 Å². The van der Waals surface area contributed by atoms with Gasteiger partial charge in [0.25, 0.3) is 5.91 Å². The van der Waals surface area contributed by atoms with Crippen LogP contribution in [0.4, 0.5) is 0 Å². The van der Waals surface area contributed by atoms with Crippen molar-refractivity contribution in [1.29, 1.82) is 0 Å². The Morgan fingerprint density at radius 2 is 2.12 bits per heavy atom. The number of methoxy groups -OCH3 is 1. The molecule has 0 bridgehead atoms. The highest BCUT2D eigenvalue weighted by Crippen LogP contribution is 2.28. The van der Waals surface area contributed by atoms with E-state index < -0.39 is 0 Å². The summed E-state index contributed by atoms with van der Waals surface area (Å²) in [6, 6.07) is 8.89. The fourth-order valence-electron chi connectivity index (χ4n) is 2.07. The Labute approximate surface area is 152 Å². The molecule has 1 amide bonds. The van der Waals surface area contributed by atoms with Crippen LogP contribution in [0.15, 0.2) is 41.0 Å². The van der Waals surface area contributed by atoms with Crippen LogP contribution in [0.5, 0.6) is 11.5 Å². The monoisotopic (exact) mass is 362 g/mol. The lowest BCUT2D eigenvalue weighted by atomic mass is 10.2. The third kappa shape index (κ3) is 5.79. The number of thiocarbonyl (C=S) groups is 1. The Morgan fingerprint density at radius 3 is 2.80 bits per heavy atom. The molecule has 0 fully saturated rings. The van der Waals surface area contributed by atoms with Gasteiger partial charge in [0.1, 0.15) is 0 Å². The summed E-state index contributed by atoms with van der Waals surface area (Å²) in [7, 11) is 1.60. The molecule has 7 heteroatoms. The fraction of sp³-hybridized carbons (Fsp3) is 0.333. The second-order valence-corrected chi connectivity index (χ2v) is 5.71. The summed E-state index contributed by atoms with van der Waals surface area (Å²) in [6.07, 6.45) is 3.50. The van der Waals surface area contributed by atoms with E-state index in [4.69, 9.17) is 26.1 Å². The van der Waals surface area contributed by atoms with E-state index >= 15 is 0 Å². The lowest BCUT2D eigenvalue weighted by Crippen LogP contribution is -2.38. The summed E-state index contributed by atoms with van der Waals surface area (Å²) in [5.74, 6) is 1.20. The zero-order valence-corrected chi connectivity index (χ0v) is 15.2. The fourth-order valence-corrected chi connectivity index (χ4v) is 2.23. The molecule has 25 heavy (non-hydrogen) atoms. The van der Waals surface area contributed by atoms with E-state index in [9.17, 15) is 4.79 Å². The third-order valence-corrected chi connectivity index (χ3v) is 3.65. The number of rotatable bonds is 8. The molecule has 1 aromatic carbocycles. The number of ether oxygens (including phenoxy) is 2. The van der Waals surface area contributed by atoms with Crippen molar-refractivity contribution in [2.24, 2.45) is 0 Å². The van der Waals surface area contributed by atoms with Gasteiger partial charge >= 0.3 is 0 Å². The van der Waals surface area contributed by atoms with E-state index in [0.29, 0.717) is 24.7 Å². The van der Waals surface area contributed by atoms with Gasteiger partial charge in [-0.05, 0) is 48.5 Å². The lowest BCUT2D eigenvalue weighted by Gasteiger charge is -2.13. The third-order valence-electron chi connectivity index (χ3n) is 3.41. The van der Waals surface area contributed by atoms with Gasteiger partial charge in [-0.1, -0.05) is 19.4 Å². The molecule has 1 heterocycles. The Kier molecular flexibility index (Phi) is 7.28. The summed E-state index contributed by atoms with van der Waals surface area (Å²) in [5, 5.41) is 5.76. The van der Waals surface area contributed by atoms with Crippen LogP contribution in [0.3, 0.4) is 0 Å². The van der Waals surface area contributed by atoms with Crippen LogP contribution in [-0.2, 0) is 6.54 Å². The standard InChI is InChI=1S/C18H22N2O4S/c1-3-4-9-23-14-8-7-13(11-16(14)22-2)12-19-18(25)20-17(21)15-6-5-10-24-15/h5-8,10-11H,3-4,9,12H2,1-2H3,(H2,19,20,21,25). The molecule has 2 aromatic rings. The minimum absolute atomic E-state index is 0.208. The van der Waals surface area contributed by atoms with Crippen molar-refractivity contribution in [3.05, 3.63) is 47.9 Å². The minimum atomic E-state index is -0.389. The number of amides is 1. The first-order chi connectivity index (χ1) is 12.1. The topological polar surface area (TPSA) is 72.7 Å². The number of carbonyl (C=O) groups excluding carboxylic acids is 1. The summed E-state index contributed by atoms with van der Waals surface area (Å²) in [5.41, 5.74) is 0.953. The van der Waals surface area contributed by atoms with Crippen LogP contribution in [0.2, 0.25) is 0 Å². The number of unbranched alkanes of at least 4 members (excludes halogenated alkanes) is 1. The van der Waals surface area contributed by atoms with Crippen molar-refractivity contribution in [3.63, 3.8) is 0 Å². The Morgan fingerprint density at radius 1 is 1.28 bits per heavy atom. The molecule has 0 saturated heterocycles. The molecule has 0 aliphatic carbocycles. The number of carbonyl (C=O) groups is 1. The molecule has 0 saturated carbocycles. The lowest BCUT2D eigenvalue weighted by molar-refractivity contribution is 0.0949. The van der Waals surface area contributed by atoms with Crippen molar-refractivity contribution in [2.45, 2.75) is 26.3 Å². The quantitative estimate of drug-likeness (QED) is 0.555. The highest BCUT2D eigenvalue weighted by molar-refractivity contribution is 7.80. The number of benzene rings is 1. The second-order valence-electron chi connectivity index (χ2n) is 5.30. The van der Waals surface area contributed by atoms with E-state index in [1.54, 1.807) is 19.2 Å². The van der Waals surface area contributed by atoms with E-state index in [1.165, 1.54) is 6.26 Å². The van der Waals surface area contributed by atoms with E-state index in [0.717, 1.165) is 18.4 Å². The second kappa shape index (κ2) is 9.68. The maximum Gasteiger partial charge on any atom is 0.293 e. The van der Waals surface area contributed by atoms with Crippen molar-refractivity contribution >= 4 is 23.2 Å². The summed E-state index contributed by atoms with van der Waals surface area (Å²) >= 11 is 5.12. The molecule has 0 aliphatic heterocycles. The molecule has 2 N–H and O–H groups in total. The van der Waals surface area contributed by atoms with Gasteiger partial charge in [0, 0.05) is 6.54 Å². The van der Waals surface area contributed by atoms with Crippen LogP contribution in [0.1, 0.15) is 35.9 Å². The molecule has 0 unspecified atom stereocenters. The summed E-state index contributed by atoms with van der Waals surface area (Å²) in [6.45, 7) is 3.22. The minimum Gasteiger partial charge on any atom is -0.493 e. The van der Waals surface area contributed by atoms with Crippen LogP contribution in [0.25, 0.3) is 0 Å². The zero-order valence-electron chi connectivity index (χ0n) is 14.3. The molecule has 6 nitrogen and oxygen atoms in total. The SMILES string of the molecule is CCCCOc1ccc(CNC(=S)NC(=O)c2ccco2)cc1OC. The van der Waals surface area contributed by atoms with E-state index in [1.807, 2.05) is 18.2 Å². The smallest absolute Gasteiger partial charge is 0.293 e. The molecule has 1 aromatic heterocycles. The van der Waals surface area contributed by atoms with Crippen LogP contribution < -0.4 is 20.1 Å². The number of hydrogen-bond acceptors (Lipinski definition) is 5. The average Bonchev–Trinajstić information content (AvgIpc) is 3.15. The molecule has 2 rings (SSSR count). The molecule has 134 valence electrons. The predicted molar refractivity (Wildman–Crippen MR) is 99.0 cm³/mol. The first-order valence-electron chi connectivity index (χ1n) is 8.06. The van der Waals surface area contributed by atoms with Crippen LogP contribution >= 0.6 is 12.2 Å². The largest absolute Gasteiger partial charge is 0.493 e. The maximum atomic E-state index is 11.8. The van der Waals surface area contributed by atoms with Crippen molar-refractivity contribution in [2.75, 3.05) is 13.7 Å². The zero-order chi connectivity index (χ0) is 18.1. The molecule has 0 atom stereocenters. The Balaban J connectivity index is 1.87. The van der Waals surface area contributed by atoms with Gasteiger partial charge in [0.2, 0.25) is 0 Å². The Hall–Kier alpha value is -2.54. The molecular weight excluding hydrogens is 340 g/mol. The van der Waals surface area contributed by atoms with Gasteiger partial charge in [-0.25, -0.2) is 0 Å². The van der Waals surface area contributed by atoms with Crippen molar-refractivity contribution in [3.8, 4) is 11.5 Å². The normalized spacial score (nSPS) is 10.2. The number of nitrogens with one attached hydrogen (secondary N) is 2. The van der Waals surface area contributed by atoms with Gasteiger partial charge in [0.15, 0.2) is 22.4 Å². The highest BCUT2D eigenvalue weighted by atomic mass is 32.1. The van der Waals surface area contributed by atoms with Crippen molar-refractivity contribution in [1.82, 2.24) is 10.6 Å². The molecule has 0 spiro atoms. The van der Waals surface area contributed by atoms with Gasteiger partial charge < -0.3 is 19.2 Å². The maximum absolute atomic E-state index is 11.8. The number of hydrogen-bond donors (Lipinski definition) is 2. The van der Waals surface area contributed by atoms with Gasteiger partial charge in [-0.3, -0.25) is 10.1 Å². The number of furan rings is 1. The first-order valence-corrected chi connectivity index (χ1v) is 8.47. The van der Waals surface area contributed by atoms with Crippen LogP contribution in [-0.4, -0.2) is 24.7 Å². The molecular formula is C18H22N2O4S. The average molecular weight is 362 g/mol. The van der Waals surface area contributed by atoms with Gasteiger partial charge in [-0.2, -0.15) is 0 Å². The van der Waals surface area contributed by atoms with E-state index in [-0.39, 0.29) is 16.8 Å². The Bertz CT molecular complexity index is 701. The predicted octanol–water partition coefficient (Wildman–Crippen LogP) is 3.27. The van der Waals surface area contributed by atoms with Gasteiger partial charge in [0.05, 0.1) is 20.0 Å². The summed E-state index contributed by atoms with van der Waals surface area (Å²) in [4.78, 5) is 11.8. The highest BCUT2D eigenvalue weighted by Gasteiger charge is 2.10. The molecule has 0 radical (unpaired) electrons. The van der Waals surface area contributed by atoms with Crippen LogP contribution in [0, 0.1) is 0 Å². The molecule has 0 aliphatic rings.